The number of ketones is 1. The first kappa shape index (κ1) is 26.4. The lowest BCUT2D eigenvalue weighted by Gasteiger charge is -2.20. The zero-order valence-electron chi connectivity index (χ0n) is 19.6. The number of ether oxygens (including phenoxy) is 1. The molecule has 0 bridgehead atoms. The van der Waals surface area contributed by atoms with Crippen molar-refractivity contribution < 1.29 is 22.3 Å². The van der Waals surface area contributed by atoms with Crippen molar-refractivity contribution in [1.82, 2.24) is 4.98 Å². The zero-order valence-corrected chi connectivity index (χ0v) is 21.2. The van der Waals surface area contributed by atoms with Crippen molar-refractivity contribution >= 4 is 27.2 Å². The molecule has 0 aliphatic carbocycles. The molecule has 3 rings (SSSR count). The Balaban J connectivity index is 1.59. The third-order valence-electron chi connectivity index (χ3n) is 5.04. The minimum absolute atomic E-state index is 0.0174. The molecule has 0 atom stereocenters. The molecule has 0 saturated carbocycles. The molecule has 1 aromatic heterocycles. The summed E-state index contributed by atoms with van der Waals surface area (Å²) in [4.78, 5) is 17.0. The van der Waals surface area contributed by atoms with Crippen molar-refractivity contribution in [2.75, 3.05) is 5.75 Å². The van der Waals surface area contributed by atoms with Gasteiger partial charge in [0.2, 0.25) is 0 Å². The fourth-order valence-electron chi connectivity index (χ4n) is 3.18. The summed E-state index contributed by atoms with van der Waals surface area (Å²) in [5.74, 6) is 5.34. The third kappa shape index (κ3) is 7.64. The van der Waals surface area contributed by atoms with Gasteiger partial charge in [0.25, 0.3) is 0 Å². The van der Waals surface area contributed by atoms with Gasteiger partial charge in [-0.25, -0.2) is 17.8 Å². The number of hydrogen-bond donors (Lipinski definition) is 0. The van der Waals surface area contributed by atoms with Crippen molar-refractivity contribution in [2.45, 2.75) is 44.1 Å². The Hall–Kier alpha value is -3.21. The predicted octanol–water partition coefficient (Wildman–Crippen LogP) is 5.23. The highest BCUT2D eigenvalue weighted by molar-refractivity contribution is 7.91. The topological polar surface area (TPSA) is 73.3 Å². The minimum atomic E-state index is -3.26. The minimum Gasteiger partial charge on any atom is -0.472 e. The summed E-state index contributed by atoms with van der Waals surface area (Å²) in [6, 6.07) is 14.0. The van der Waals surface area contributed by atoms with E-state index in [0.29, 0.717) is 5.69 Å². The van der Waals surface area contributed by atoms with E-state index in [1.54, 1.807) is 51.2 Å². The first-order valence-corrected chi connectivity index (χ1v) is 13.0. The largest absolute Gasteiger partial charge is 0.472 e. The van der Waals surface area contributed by atoms with Gasteiger partial charge in [0.05, 0.1) is 10.6 Å². The van der Waals surface area contributed by atoms with Gasteiger partial charge in [-0.2, -0.15) is 0 Å². The van der Waals surface area contributed by atoms with Crippen LogP contribution in [0.1, 0.15) is 37.6 Å². The molecule has 0 fully saturated rings. The van der Waals surface area contributed by atoms with Crippen LogP contribution >= 0.6 is 11.6 Å². The van der Waals surface area contributed by atoms with Gasteiger partial charge < -0.3 is 4.74 Å². The average molecular weight is 514 g/mol. The van der Waals surface area contributed by atoms with Gasteiger partial charge in [0, 0.05) is 24.1 Å². The van der Waals surface area contributed by atoms with Gasteiger partial charge in [-0.05, 0) is 73.2 Å². The van der Waals surface area contributed by atoms with Crippen molar-refractivity contribution in [3.63, 3.8) is 0 Å². The number of hydrogen-bond acceptors (Lipinski definition) is 5. The number of benzene rings is 2. The first-order valence-electron chi connectivity index (χ1n) is 10.9. The molecule has 35 heavy (non-hydrogen) atoms. The molecule has 0 radical (unpaired) electrons. The fraction of sp³-hybridized carbons (Fsp3) is 0.259. The lowest BCUT2D eigenvalue weighted by molar-refractivity contribution is -0.117. The average Bonchev–Trinajstić information content (AvgIpc) is 2.81. The van der Waals surface area contributed by atoms with Crippen LogP contribution in [0, 0.1) is 17.7 Å². The van der Waals surface area contributed by atoms with Crippen LogP contribution < -0.4 is 4.74 Å². The van der Waals surface area contributed by atoms with Crippen LogP contribution in [0.4, 0.5) is 4.39 Å². The molecular weight excluding hydrogens is 489 g/mol. The van der Waals surface area contributed by atoms with E-state index in [1.807, 2.05) is 0 Å². The maximum atomic E-state index is 14.0. The van der Waals surface area contributed by atoms with E-state index < -0.39 is 21.3 Å². The molecule has 0 N–H and O–H groups in total. The Kier molecular flexibility index (Phi) is 8.31. The van der Waals surface area contributed by atoms with E-state index in [4.69, 9.17) is 16.3 Å². The quantitative estimate of drug-likeness (QED) is 0.385. The summed E-state index contributed by atoms with van der Waals surface area (Å²) in [5.41, 5.74) is 1.00. The molecule has 0 aliphatic rings. The SMILES string of the molecule is CCS(=O)(=O)c1ccc(CC(=O)Cc2ccc(C#CC(C)(C)Oc3ccc(Cl)cc3F)nc2)cc1. The standard InChI is InChI=1S/C27H25ClFNO4S/c1-4-35(32,33)24-10-6-19(7-11-24)15-23(31)16-20-5-9-22(30-18-20)13-14-27(2,3)34-26-12-8-21(28)17-25(26)29/h5-12,17-18H,4,15-16H2,1-3H3. The number of pyridine rings is 1. The predicted molar refractivity (Wildman–Crippen MR) is 134 cm³/mol. The lowest BCUT2D eigenvalue weighted by Crippen LogP contribution is -2.26. The number of carbonyl (C=O) groups is 1. The van der Waals surface area contributed by atoms with E-state index in [9.17, 15) is 17.6 Å². The molecule has 0 aliphatic heterocycles. The van der Waals surface area contributed by atoms with E-state index >= 15 is 0 Å². The number of Topliss-reactive ketones (excluding diaryl/α,β-unsaturated/α-hetero) is 1. The Labute approximate surface area is 210 Å². The highest BCUT2D eigenvalue weighted by Gasteiger charge is 2.19. The number of aromatic nitrogens is 1. The Morgan fingerprint density at radius 1 is 1.06 bits per heavy atom. The molecule has 3 aromatic rings. The number of halogens is 2. The van der Waals surface area contributed by atoms with E-state index in [2.05, 4.69) is 16.8 Å². The van der Waals surface area contributed by atoms with Gasteiger partial charge in [-0.15, -0.1) is 0 Å². The zero-order chi connectivity index (χ0) is 25.6. The number of rotatable bonds is 8. The summed E-state index contributed by atoms with van der Waals surface area (Å²) in [6.45, 7) is 5.02. The number of sulfone groups is 1. The van der Waals surface area contributed by atoms with Gasteiger partial charge in [0.15, 0.2) is 27.0 Å². The van der Waals surface area contributed by atoms with Gasteiger partial charge in [-0.1, -0.05) is 36.7 Å². The van der Waals surface area contributed by atoms with Crippen LogP contribution in [0.3, 0.4) is 0 Å². The monoisotopic (exact) mass is 513 g/mol. The number of nitrogens with zero attached hydrogens (tertiary/aromatic N) is 1. The summed E-state index contributed by atoms with van der Waals surface area (Å²) in [7, 11) is -3.26. The maximum absolute atomic E-state index is 14.0. The summed E-state index contributed by atoms with van der Waals surface area (Å²) >= 11 is 5.77. The molecule has 0 unspecified atom stereocenters. The molecule has 0 saturated heterocycles. The molecule has 0 amide bonds. The normalized spacial score (nSPS) is 11.5. The summed E-state index contributed by atoms with van der Waals surface area (Å²) in [6.07, 6.45) is 1.98. The fourth-order valence-corrected chi connectivity index (χ4v) is 4.22. The molecular formula is C27H25ClFNO4S. The van der Waals surface area contributed by atoms with Crippen LogP contribution in [-0.4, -0.2) is 30.5 Å². The Bertz CT molecular complexity index is 1370. The van der Waals surface area contributed by atoms with Crippen molar-refractivity contribution in [3.05, 3.63) is 88.5 Å². The van der Waals surface area contributed by atoms with E-state index in [-0.39, 0.29) is 40.0 Å². The molecule has 182 valence electrons. The number of carbonyl (C=O) groups excluding carboxylic acids is 1. The molecule has 8 heteroatoms. The maximum Gasteiger partial charge on any atom is 0.178 e. The van der Waals surface area contributed by atoms with Crippen molar-refractivity contribution in [3.8, 4) is 17.6 Å². The Morgan fingerprint density at radius 2 is 1.71 bits per heavy atom. The van der Waals surface area contributed by atoms with Crippen molar-refractivity contribution in [2.24, 2.45) is 0 Å². The lowest BCUT2D eigenvalue weighted by atomic mass is 10.0. The van der Waals surface area contributed by atoms with E-state index in [1.165, 1.54) is 30.3 Å². The smallest absolute Gasteiger partial charge is 0.178 e. The van der Waals surface area contributed by atoms with Crippen LogP contribution in [0.2, 0.25) is 5.02 Å². The van der Waals surface area contributed by atoms with Crippen LogP contribution in [0.5, 0.6) is 5.75 Å². The molecule has 2 aromatic carbocycles. The van der Waals surface area contributed by atoms with Crippen LogP contribution in [0.15, 0.2) is 65.7 Å². The van der Waals surface area contributed by atoms with Crippen LogP contribution in [-0.2, 0) is 27.5 Å². The second kappa shape index (κ2) is 11.0. The van der Waals surface area contributed by atoms with Gasteiger partial charge in [-0.3, -0.25) is 4.79 Å². The second-order valence-corrected chi connectivity index (χ2v) is 11.1. The highest BCUT2D eigenvalue weighted by Crippen LogP contribution is 2.24. The summed E-state index contributed by atoms with van der Waals surface area (Å²) < 4.78 is 43.5. The van der Waals surface area contributed by atoms with Gasteiger partial charge >= 0.3 is 0 Å². The summed E-state index contributed by atoms with van der Waals surface area (Å²) in [5, 5.41) is 0.279. The van der Waals surface area contributed by atoms with Crippen molar-refractivity contribution in [1.29, 1.82) is 0 Å². The Morgan fingerprint density at radius 3 is 2.31 bits per heavy atom. The van der Waals surface area contributed by atoms with Crippen LogP contribution in [0.25, 0.3) is 0 Å². The van der Waals surface area contributed by atoms with Gasteiger partial charge in [0.1, 0.15) is 11.5 Å². The molecule has 1 heterocycles. The molecule has 0 spiro atoms. The second-order valence-electron chi connectivity index (χ2n) is 8.43. The van der Waals surface area contributed by atoms with E-state index in [0.717, 1.165) is 11.1 Å². The highest BCUT2D eigenvalue weighted by atomic mass is 35.5. The molecule has 5 nitrogen and oxygen atoms in total. The third-order valence-corrected chi connectivity index (χ3v) is 7.03. The first-order chi connectivity index (χ1) is 16.5.